The van der Waals surface area contributed by atoms with E-state index in [0.29, 0.717) is 5.56 Å². The van der Waals surface area contributed by atoms with Crippen LogP contribution in [0, 0.1) is 12.7 Å². The van der Waals surface area contributed by atoms with Gasteiger partial charge in [0.15, 0.2) is 17.3 Å². The second-order valence-electron chi connectivity index (χ2n) is 6.15. The first kappa shape index (κ1) is 19.3. The van der Waals surface area contributed by atoms with Gasteiger partial charge in [-0.2, -0.15) is 0 Å². The molecule has 7 nitrogen and oxygen atoms in total. The fourth-order valence-corrected chi connectivity index (χ4v) is 3.12. The second-order valence-corrected chi connectivity index (χ2v) is 6.15. The van der Waals surface area contributed by atoms with Gasteiger partial charge in [-0.15, -0.1) is 0 Å². The van der Waals surface area contributed by atoms with Crippen molar-refractivity contribution in [1.29, 1.82) is 0 Å². The third kappa shape index (κ3) is 2.96. The van der Waals surface area contributed by atoms with Gasteiger partial charge >= 0.3 is 0 Å². The quantitative estimate of drug-likeness (QED) is 0.560. The van der Waals surface area contributed by atoms with Crippen molar-refractivity contribution in [2.45, 2.75) is 6.92 Å². The lowest BCUT2D eigenvalue weighted by atomic mass is 10.1. The largest absolute Gasteiger partial charge is 0.493 e. The van der Waals surface area contributed by atoms with Gasteiger partial charge in [0, 0.05) is 11.6 Å². The number of carbonyl (C=O) groups excluding carboxylic acids is 3. The number of anilines is 1. The summed E-state index contributed by atoms with van der Waals surface area (Å²) >= 11 is 0. The summed E-state index contributed by atoms with van der Waals surface area (Å²) in [6.45, 7) is 1.15. The van der Waals surface area contributed by atoms with Crippen LogP contribution in [0.25, 0.3) is 0 Å². The van der Waals surface area contributed by atoms with Crippen molar-refractivity contribution in [3.63, 3.8) is 0 Å². The van der Waals surface area contributed by atoms with Gasteiger partial charge in [0.2, 0.25) is 5.75 Å². The van der Waals surface area contributed by atoms with Gasteiger partial charge < -0.3 is 14.2 Å². The highest BCUT2D eigenvalue weighted by Crippen LogP contribution is 2.48. The zero-order valence-corrected chi connectivity index (χ0v) is 15.8. The summed E-state index contributed by atoms with van der Waals surface area (Å²) in [5.41, 5.74) is 0.744. The van der Waals surface area contributed by atoms with Crippen LogP contribution >= 0.6 is 0 Å². The first-order valence-electron chi connectivity index (χ1n) is 8.32. The van der Waals surface area contributed by atoms with E-state index in [1.54, 1.807) is 0 Å². The van der Waals surface area contributed by atoms with E-state index in [1.165, 1.54) is 52.5 Å². The van der Waals surface area contributed by atoms with Crippen molar-refractivity contribution >= 4 is 23.2 Å². The smallest absolute Gasteiger partial charge is 0.300 e. The van der Waals surface area contributed by atoms with Crippen LogP contribution in [-0.2, 0) is 4.79 Å². The van der Waals surface area contributed by atoms with E-state index in [9.17, 15) is 18.8 Å². The molecule has 0 bridgehead atoms. The minimum Gasteiger partial charge on any atom is -0.493 e. The minimum absolute atomic E-state index is 0.00763. The van der Waals surface area contributed by atoms with E-state index in [1.807, 2.05) is 0 Å². The lowest BCUT2D eigenvalue weighted by molar-refractivity contribution is -0.114. The number of benzene rings is 2. The SMILES string of the molecule is COc1cc2c(c(OC)c1OC)C(=O)C(=O)N2CC(=O)c1ccc(F)c(C)c1. The highest BCUT2D eigenvalue weighted by atomic mass is 19.1. The second kappa shape index (κ2) is 7.30. The van der Waals surface area contributed by atoms with Crippen molar-refractivity contribution in [3.05, 3.63) is 46.8 Å². The topological polar surface area (TPSA) is 82.1 Å². The maximum Gasteiger partial charge on any atom is 0.300 e. The Hall–Kier alpha value is -3.42. The number of nitrogens with zero attached hydrogens (tertiary/aromatic N) is 1. The van der Waals surface area contributed by atoms with E-state index in [-0.39, 0.29) is 40.6 Å². The molecule has 3 rings (SSSR count). The van der Waals surface area contributed by atoms with Crippen molar-refractivity contribution in [3.8, 4) is 17.2 Å². The van der Waals surface area contributed by atoms with Crippen molar-refractivity contribution in [2.75, 3.05) is 32.8 Å². The molecule has 28 heavy (non-hydrogen) atoms. The number of aryl methyl sites for hydroxylation is 1. The van der Waals surface area contributed by atoms with Gasteiger partial charge in [-0.25, -0.2) is 4.39 Å². The molecule has 0 aliphatic carbocycles. The van der Waals surface area contributed by atoms with Crippen LogP contribution < -0.4 is 19.1 Å². The fraction of sp³-hybridized carbons (Fsp3) is 0.250. The van der Waals surface area contributed by atoms with Crippen molar-refractivity contribution < 1.29 is 33.0 Å². The van der Waals surface area contributed by atoms with Gasteiger partial charge in [-0.1, -0.05) is 0 Å². The Balaban J connectivity index is 2.05. The molecule has 1 aliphatic rings. The third-order valence-corrected chi connectivity index (χ3v) is 4.55. The summed E-state index contributed by atoms with van der Waals surface area (Å²) in [4.78, 5) is 38.8. The summed E-state index contributed by atoms with van der Waals surface area (Å²) < 4.78 is 29.2. The first-order chi connectivity index (χ1) is 13.3. The maximum absolute atomic E-state index is 13.5. The number of halogens is 1. The van der Waals surface area contributed by atoms with Crippen LogP contribution in [0.1, 0.15) is 26.3 Å². The zero-order chi connectivity index (χ0) is 20.6. The summed E-state index contributed by atoms with van der Waals surface area (Å²) in [5, 5.41) is 0. The van der Waals surface area contributed by atoms with E-state index in [2.05, 4.69) is 0 Å². The molecule has 0 atom stereocenters. The molecule has 0 aromatic heterocycles. The first-order valence-corrected chi connectivity index (χ1v) is 8.32. The molecule has 2 aromatic rings. The van der Waals surface area contributed by atoms with Gasteiger partial charge in [0.05, 0.1) is 39.1 Å². The molecule has 1 heterocycles. The molecule has 0 spiro atoms. The number of amides is 1. The number of methoxy groups -OCH3 is 3. The molecule has 1 amide bonds. The maximum atomic E-state index is 13.5. The normalized spacial score (nSPS) is 12.8. The average Bonchev–Trinajstić information content (AvgIpc) is 2.92. The number of hydrogen-bond donors (Lipinski definition) is 0. The van der Waals surface area contributed by atoms with Crippen LogP contribution in [0.3, 0.4) is 0 Å². The molecule has 0 saturated heterocycles. The summed E-state index contributed by atoms with van der Waals surface area (Å²) in [6.07, 6.45) is 0. The van der Waals surface area contributed by atoms with Crippen LogP contribution in [0.2, 0.25) is 0 Å². The summed E-state index contributed by atoms with van der Waals surface area (Å²) in [5.74, 6) is -2.07. The van der Waals surface area contributed by atoms with Crippen molar-refractivity contribution in [1.82, 2.24) is 0 Å². The Kier molecular flexibility index (Phi) is 5.04. The minimum atomic E-state index is -0.865. The number of Topliss-reactive ketones (excluding diaryl/α,β-unsaturated/α-hetero) is 2. The Bertz CT molecular complexity index is 1000. The Morgan fingerprint density at radius 1 is 1.04 bits per heavy atom. The van der Waals surface area contributed by atoms with Crippen LogP contribution in [-0.4, -0.2) is 45.3 Å². The number of rotatable bonds is 6. The van der Waals surface area contributed by atoms with Gasteiger partial charge in [0.25, 0.3) is 11.7 Å². The molecule has 146 valence electrons. The van der Waals surface area contributed by atoms with E-state index < -0.39 is 23.3 Å². The van der Waals surface area contributed by atoms with Gasteiger partial charge in [-0.05, 0) is 30.7 Å². The van der Waals surface area contributed by atoms with Gasteiger partial charge in [0.1, 0.15) is 5.82 Å². The molecule has 0 unspecified atom stereocenters. The van der Waals surface area contributed by atoms with E-state index in [4.69, 9.17) is 14.2 Å². The summed E-state index contributed by atoms with van der Waals surface area (Å²) in [7, 11) is 4.12. The lowest BCUT2D eigenvalue weighted by Gasteiger charge is -2.19. The predicted molar refractivity (Wildman–Crippen MR) is 98.2 cm³/mol. The zero-order valence-electron chi connectivity index (χ0n) is 15.8. The number of carbonyl (C=O) groups is 3. The van der Waals surface area contributed by atoms with Crippen LogP contribution in [0.5, 0.6) is 17.2 Å². The standard InChI is InChI=1S/C20H18FNO6/c1-10-7-11(5-6-12(10)21)14(23)9-22-13-8-15(26-2)18(27-3)19(28-4)16(13)17(24)20(22)25/h5-8H,9H2,1-4H3. The molecule has 0 radical (unpaired) electrons. The van der Waals surface area contributed by atoms with Crippen molar-refractivity contribution in [2.24, 2.45) is 0 Å². The highest BCUT2D eigenvalue weighted by molar-refractivity contribution is 6.53. The number of ketones is 2. The molecular formula is C20H18FNO6. The highest BCUT2D eigenvalue weighted by Gasteiger charge is 2.42. The molecule has 0 fully saturated rings. The molecular weight excluding hydrogens is 369 g/mol. The number of ether oxygens (including phenoxy) is 3. The molecule has 1 aliphatic heterocycles. The van der Waals surface area contributed by atoms with Gasteiger partial charge in [-0.3, -0.25) is 19.3 Å². The monoisotopic (exact) mass is 387 g/mol. The Morgan fingerprint density at radius 3 is 2.29 bits per heavy atom. The predicted octanol–water partition coefficient (Wildman–Crippen LogP) is 2.57. The average molecular weight is 387 g/mol. The molecule has 0 N–H and O–H groups in total. The molecule has 2 aromatic carbocycles. The van der Waals surface area contributed by atoms with E-state index in [0.717, 1.165) is 4.90 Å². The summed E-state index contributed by atoms with van der Waals surface area (Å²) in [6, 6.07) is 5.37. The van der Waals surface area contributed by atoms with Crippen LogP contribution in [0.15, 0.2) is 24.3 Å². The number of fused-ring (bicyclic) bond motifs is 1. The van der Waals surface area contributed by atoms with Crippen LogP contribution in [0.4, 0.5) is 10.1 Å². The Morgan fingerprint density at radius 2 is 1.71 bits per heavy atom. The molecule has 0 saturated carbocycles. The Labute approximate surface area is 160 Å². The lowest BCUT2D eigenvalue weighted by Crippen LogP contribution is -2.34. The molecule has 8 heteroatoms. The van der Waals surface area contributed by atoms with E-state index >= 15 is 0 Å². The number of hydrogen-bond acceptors (Lipinski definition) is 6. The third-order valence-electron chi connectivity index (χ3n) is 4.55. The fourth-order valence-electron chi connectivity index (χ4n) is 3.12.